The molecule has 7 nitrogen and oxygen atoms in total. The molecule has 1 saturated heterocycles. The van der Waals surface area contributed by atoms with E-state index in [1.807, 2.05) is 18.2 Å². The molecule has 0 amide bonds. The lowest BCUT2D eigenvalue weighted by Gasteiger charge is -2.31. The maximum absolute atomic E-state index is 13.4. The number of aromatic nitrogens is 5. The van der Waals surface area contributed by atoms with Crippen LogP contribution in [0, 0.1) is 5.92 Å². The minimum atomic E-state index is -4.51. The Kier molecular flexibility index (Phi) is 5.06. The van der Waals surface area contributed by atoms with Gasteiger partial charge >= 0.3 is 6.18 Å². The maximum atomic E-state index is 13.4. The second kappa shape index (κ2) is 8.16. The van der Waals surface area contributed by atoms with Crippen molar-refractivity contribution in [2.45, 2.75) is 25.6 Å². The number of pyridine rings is 2. The van der Waals surface area contributed by atoms with Gasteiger partial charge in [0.15, 0.2) is 5.82 Å². The van der Waals surface area contributed by atoms with Gasteiger partial charge in [0.1, 0.15) is 17.2 Å². The molecule has 5 heterocycles. The Hall–Kier alpha value is -3.79. The van der Waals surface area contributed by atoms with E-state index in [-0.39, 0.29) is 11.7 Å². The van der Waals surface area contributed by atoms with Crippen molar-refractivity contribution in [2.75, 3.05) is 18.4 Å². The number of hydrogen-bond donors (Lipinski definition) is 3. The van der Waals surface area contributed by atoms with E-state index in [1.54, 1.807) is 18.5 Å². The Morgan fingerprint density at radius 2 is 2.00 bits per heavy atom. The van der Waals surface area contributed by atoms with Crippen molar-refractivity contribution in [3.63, 3.8) is 0 Å². The van der Waals surface area contributed by atoms with Crippen LogP contribution >= 0.6 is 0 Å². The van der Waals surface area contributed by atoms with Gasteiger partial charge in [0.2, 0.25) is 0 Å². The number of piperidine rings is 1. The molecule has 0 radical (unpaired) electrons. The second-order valence-corrected chi connectivity index (χ2v) is 8.98. The quantitative estimate of drug-likeness (QED) is 0.385. The molecule has 4 aromatic rings. The van der Waals surface area contributed by atoms with Crippen LogP contribution in [0.5, 0.6) is 0 Å². The molecule has 2 aliphatic rings. The van der Waals surface area contributed by atoms with E-state index in [9.17, 15) is 13.2 Å². The van der Waals surface area contributed by atoms with Gasteiger partial charge in [-0.25, -0.2) is 15.0 Å². The molecule has 0 unspecified atom stereocenters. The summed E-state index contributed by atoms with van der Waals surface area (Å²) in [5.74, 6) is 1.34. The average Bonchev–Trinajstić information content (AvgIpc) is 3.25. The van der Waals surface area contributed by atoms with Gasteiger partial charge in [0.05, 0.1) is 17.1 Å². The normalized spacial score (nSPS) is 20.2. The molecule has 0 aromatic carbocycles. The van der Waals surface area contributed by atoms with Crippen LogP contribution in [0.15, 0.2) is 49.0 Å². The van der Waals surface area contributed by atoms with Crippen molar-refractivity contribution >= 4 is 33.3 Å². The van der Waals surface area contributed by atoms with E-state index < -0.39 is 11.9 Å². The number of alkyl halides is 3. The summed E-state index contributed by atoms with van der Waals surface area (Å²) in [6, 6.07) is 2.89. The summed E-state index contributed by atoms with van der Waals surface area (Å²) in [5, 5.41) is 8.20. The highest BCUT2D eigenvalue weighted by atomic mass is 19.4. The number of rotatable bonds is 4. The topological polar surface area (TPSA) is 91.4 Å². The lowest BCUT2D eigenvalue weighted by molar-refractivity contribution is -0.140. The number of halogens is 3. The van der Waals surface area contributed by atoms with E-state index in [0.717, 1.165) is 42.1 Å². The molecule has 10 heteroatoms. The van der Waals surface area contributed by atoms with Crippen molar-refractivity contribution in [2.24, 2.45) is 5.92 Å². The highest BCUT2D eigenvalue weighted by Crippen LogP contribution is 2.37. The Morgan fingerprint density at radius 1 is 1.14 bits per heavy atom. The van der Waals surface area contributed by atoms with E-state index in [2.05, 4.69) is 32.5 Å². The van der Waals surface area contributed by atoms with Crippen LogP contribution < -0.4 is 10.6 Å². The van der Waals surface area contributed by atoms with Crippen LogP contribution in [0.3, 0.4) is 0 Å². The maximum Gasteiger partial charge on any atom is 0.431 e. The molecule has 0 saturated carbocycles. The Labute approximate surface area is 198 Å². The standard InChI is InChI=1S/C25H22F3N7/c1-13-10-29-7-6-18(13)32-24-21-17(14-3-2-4-14)11-30-12-19(21)33-23(35-24)15-5-8-31-22-16(15)9-20(34-22)25(26,27)28/h2-5,8-9,11-13,18,29H,6-7,10H2,1H3,(H,31,34)(H,32,33,35)/t13-,18-/m0/s1. The largest absolute Gasteiger partial charge is 0.431 e. The van der Waals surface area contributed by atoms with Gasteiger partial charge in [-0.2, -0.15) is 13.2 Å². The van der Waals surface area contributed by atoms with E-state index in [1.165, 1.54) is 6.20 Å². The summed E-state index contributed by atoms with van der Waals surface area (Å²) in [7, 11) is 0. The van der Waals surface area contributed by atoms with Crippen LogP contribution in [-0.4, -0.2) is 44.1 Å². The SMILES string of the molecule is C[C@H]1CNCC[C@@H]1Nc1nc(-c2ccnc3[nH]c(C(F)(F)F)cc23)nc2cncc(C3=CC=C3)c12. The van der Waals surface area contributed by atoms with Gasteiger partial charge in [-0.15, -0.1) is 0 Å². The average molecular weight is 477 g/mol. The third kappa shape index (κ3) is 3.83. The first-order valence-corrected chi connectivity index (χ1v) is 11.5. The molecule has 2 atom stereocenters. The predicted molar refractivity (Wildman–Crippen MR) is 129 cm³/mol. The second-order valence-electron chi connectivity index (χ2n) is 8.98. The summed E-state index contributed by atoms with van der Waals surface area (Å²) < 4.78 is 40.1. The number of nitrogens with one attached hydrogen (secondary N) is 3. The zero-order chi connectivity index (χ0) is 24.2. The van der Waals surface area contributed by atoms with Crippen LogP contribution in [-0.2, 0) is 6.18 Å². The molecule has 6 rings (SSSR count). The molecule has 4 aromatic heterocycles. The van der Waals surface area contributed by atoms with Crippen molar-refractivity contribution in [1.82, 2.24) is 30.2 Å². The van der Waals surface area contributed by atoms with Crippen molar-refractivity contribution in [1.29, 1.82) is 0 Å². The number of nitrogens with zero attached hydrogens (tertiary/aromatic N) is 4. The third-order valence-corrected chi connectivity index (χ3v) is 6.65. The molecule has 178 valence electrons. The fraction of sp³-hybridized carbons (Fsp3) is 0.280. The summed E-state index contributed by atoms with van der Waals surface area (Å²) in [5.41, 5.74) is 2.32. The van der Waals surface area contributed by atoms with Gasteiger partial charge < -0.3 is 15.6 Å². The highest BCUT2D eigenvalue weighted by molar-refractivity contribution is 6.03. The molecule has 1 aliphatic carbocycles. The van der Waals surface area contributed by atoms with Gasteiger partial charge in [0, 0.05) is 34.9 Å². The van der Waals surface area contributed by atoms with Gasteiger partial charge in [-0.1, -0.05) is 25.2 Å². The molecule has 0 spiro atoms. The summed E-state index contributed by atoms with van der Waals surface area (Å²) >= 11 is 0. The van der Waals surface area contributed by atoms with Crippen LogP contribution in [0.1, 0.15) is 24.6 Å². The van der Waals surface area contributed by atoms with Crippen molar-refractivity contribution < 1.29 is 13.2 Å². The molecular formula is C25H22F3N7. The molecule has 0 bridgehead atoms. The third-order valence-electron chi connectivity index (χ3n) is 6.65. The minimum absolute atomic E-state index is 0.136. The smallest absolute Gasteiger partial charge is 0.366 e. The Bertz CT molecular complexity index is 1500. The minimum Gasteiger partial charge on any atom is -0.366 e. The lowest BCUT2D eigenvalue weighted by Crippen LogP contribution is -2.42. The molecule has 1 aliphatic heterocycles. The van der Waals surface area contributed by atoms with E-state index in [0.29, 0.717) is 34.0 Å². The monoisotopic (exact) mass is 477 g/mol. The van der Waals surface area contributed by atoms with E-state index in [4.69, 9.17) is 9.97 Å². The predicted octanol–water partition coefficient (Wildman–Crippen LogP) is 4.95. The van der Waals surface area contributed by atoms with Gasteiger partial charge in [-0.05, 0) is 43.1 Å². The number of allylic oxidation sites excluding steroid dienone is 4. The zero-order valence-corrected chi connectivity index (χ0v) is 18.8. The van der Waals surface area contributed by atoms with E-state index >= 15 is 0 Å². The van der Waals surface area contributed by atoms with Crippen molar-refractivity contribution in [3.05, 3.63) is 60.2 Å². The fourth-order valence-electron chi connectivity index (χ4n) is 4.68. The molecule has 3 N–H and O–H groups in total. The van der Waals surface area contributed by atoms with Gasteiger partial charge in [-0.3, -0.25) is 4.98 Å². The first kappa shape index (κ1) is 21.7. The zero-order valence-electron chi connectivity index (χ0n) is 18.8. The number of hydrogen-bond acceptors (Lipinski definition) is 6. The number of aromatic amines is 1. The van der Waals surface area contributed by atoms with Crippen molar-refractivity contribution in [3.8, 4) is 11.4 Å². The first-order valence-electron chi connectivity index (χ1n) is 11.5. The molecule has 1 fully saturated rings. The van der Waals surface area contributed by atoms with Crippen LogP contribution in [0.2, 0.25) is 0 Å². The molecular weight excluding hydrogens is 455 g/mol. The van der Waals surface area contributed by atoms with Gasteiger partial charge in [0.25, 0.3) is 0 Å². The van der Waals surface area contributed by atoms with Crippen LogP contribution in [0.4, 0.5) is 19.0 Å². The number of fused-ring (bicyclic) bond motifs is 2. The fourth-order valence-corrected chi connectivity index (χ4v) is 4.68. The summed E-state index contributed by atoms with van der Waals surface area (Å²) in [6.45, 7) is 3.97. The number of anilines is 1. The Balaban J connectivity index is 1.55. The highest BCUT2D eigenvalue weighted by Gasteiger charge is 2.33. The Morgan fingerprint density at radius 3 is 2.74 bits per heavy atom. The van der Waals surface area contributed by atoms with Crippen LogP contribution in [0.25, 0.3) is 38.9 Å². The number of H-pyrrole nitrogens is 1. The first-order chi connectivity index (χ1) is 16.9. The lowest BCUT2D eigenvalue weighted by atomic mass is 9.94. The summed E-state index contributed by atoms with van der Waals surface area (Å²) in [4.78, 5) is 20.5. The molecule has 35 heavy (non-hydrogen) atoms. The summed E-state index contributed by atoms with van der Waals surface area (Å²) in [6.07, 6.45) is 7.31.